The minimum absolute atomic E-state index is 0.0443. The smallest absolute Gasteiger partial charge is 0.387 e. The SMILES string of the molecule is CCOc1cc(CN2CCC(n3c(C)nc4cc(C(=O)O)ccc43)CC2)ccc1OC(F)F. The fourth-order valence-electron chi connectivity index (χ4n) is 4.52. The highest BCUT2D eigenvalue weighted by atomic mass is 19.3. The van der Waals surface area contributed by atoms with Crippen LogP contribution in [0.25, 0.3) is 11.0 Å². The van der Waals surface area contributed by atoms with Crippen LogP contribution in [0.2, 0.25) is 0 Å². The van der Waals surface area contributed by atoms with E-state index in [1.165, 1.54) is 6.07 Å². The van der Waals surface area contributed by atoms with Crippen molar-refractivity contribution in [1.82, 2.24) is 14.5 Å². The number of hydrogen-bond acceptors (Lipinski definition) is 5. The van der Waals surface area contributed by atoms with Crippen LogP contribution >= 0.6 is 0 Å². The zero-order chi connectivity index (χ0) is 23.5. The van der Waals surface area contributed by atoms with Gasteiger partial charge < -0.3 is 19.1 Å². The molecule has 33 heavy (non-hydrogen) atoms. The molecule has 0 unspecified atom stereocenters. The van der Waals surface area contributed by atoms with Gasteiger partial charge in [0.05, 0.1) is 23.2 Å². The van der Waals surface area contributed by atoms with Gasteiger partial charge in [-0.1, -0.05) is 6.07 Å². The largest absolute Gasteiger partial charge is 0.490 e. The Morgan fingerprint density at radius 2 is 1.94 bits per heavy atom. The number of halogens is 2. The average Bonchev–Trinajstić information content (AvgIpc) is 3.11. The van der Waals surface area contributed by atoms with Crippen molar-refractivity contribution in [1.29, 1.82) is 0 Å². The van der Waals surface area contributed by atoms with E-state index >= 15 is 0 Å². The molecule has 1 aromatic heterocycles. The van der Waals surface area contributed by atoms with E-state index in [4.69, 9.17) is 4.74 Å². The fourth-order valence-corrected chi connectivity index (χ4v) is 4.52. The minimum Gasteiger partial charge on any atom is -0.490 e. The number of carbonyl (C=O) groups is 1. The minimum atomic E-state index is -2.90. The first kappa shape index (κ1) is 23.0. The highest BCUT2D eigenvalue weighted by Crippen LogP contribution is 2.32. The van der Waals surface area contributed by atoms with E-state index < -0.39 is 12.6 Å². The molecule has 0 amide bonds. The Kier molecular flexibility index (Phi) is 6.78. The van der Waals surface area contributed by atoms with E-state index in [9.17, 15) is 18.7 Å². The summed E-state index contributed by atoms with van der Waals surface area (Å²) >= 11 is 0. The lowest BCUT2D eigenvalue weighted by molar-refractivity contribution is -0.0514. The van der Waals surface area contributed by atoms with E-state index in [0.29, 0.717) is 24.4 Å². The standard InChI is InChI=1S/C24H27F2N3O4/c1-3-32-22-12-16(4-7-21(22)33-24(25)26)14-28-10-8-18(9-11-28)29-15(2)27-19-13-17(23(30)31)5-6-20(19)29/h4-7,12-13,18,24H,3,8-11,14H2,1-2H3,(H,30,31). The molecular weight excluding hydrogens is 432 g/mol. The van der Waals surface area contributed by atoms with Crippen LogP contribution in [0, 0.1) is 6.92 Å². The number of benzene rings is 2. The van der Waals surface area contributed by atoms with Crippen molar-refractivity contribution in [3.63, 3.8) is 0 Å². The highest BCUT2D eigenvalue weighted by molar-refractivity contribution is 5.92. The van der Waals surface area contributed by atoms with Crippen LogP contribution in [-0.4, -0.2) is 51.8 Å². The molecular formula is C24H27F2N3O4. The van der Waals surface area contributed by atoms with Crippen LogP contribution in [0.5, 0.6) is 11.5 Å². The van der Waals surface area contributed by atoms with Gasteiger partial charge in [-0.25, -0.2) is 9.78 Å². The Morgan fingerprint density at radius 1 is 1.18 bits per heavy atom. The number of carboxylic acids is 1. The maximum Gasteiger partial charge on any atom is 0.387 e. The van der Waals surface area contributed by atoms with Crippen LogP contribution in [0.15, 0.2) is 36.4 Å². The molecule has 4 rings (SSSR count). The molecule has 1 N–H and O–H groups in total. The second-order valence-corrected chi connectivity index (χ2v) is 8.14. The summed E-state index contributed by atoms with van der Waals surface area (Å²) in [6.07, 6.45) is 1.86. The molecule has 1 aliphatic heterocycles. The maximum atomic E-state index is 12.6. The lowest BCUT2D eigenvalue weighted by Gasteiger charge is -2.33. The summed E-state index contributed by atoms with van der Waals surface area (Å²) in [5.74, 6) is 0.287. The number of aryl methyl sites for hydroxylation is 1. The Balaban J connectivity index is 1.44. The lowest BCUT2D eigenvalue weighted by atomic mass is 10.0. The van der Waals surface area contributed by atoms with Gasteiger partial charge in [-0.2, -0.15) is 8.78 Å². The number of aromatic nitrogens is 2. The van der Waals surface area contributed by atoms with Crippen LogP contribution < -0.4 is 9.47 Å². The predicted octanol–water partition coefficient (Wildman–Crippen LogP) is 4.88. The fraction of sp³-hybridized carbons (Fsp3) is 0.417. The molecule has 2 aromatic carbocycles. The first-order valence-electron chi connectivity index (χ1n) is 11.0. The number of alkyl halides is 2. The monoisotopic (exact) mass is 459 g/mol. The molecule has 0 radical (unpaired) electrons. The summed E-state index contributed by atoms with van der Waals surface area (Å²) in [4.78, 5) is 18.2. The van der Waals surface area contributed by atoms with E-state index in [2.05, 4.69) is 19.2 Å². The van der Waals surface area contributed by atoms with E-state index in [1.54, 1.807) is 31.2 Å². The van der Waals surface area contributed by atoms with Gasteiger partial charge in [0.15, 0.2) is 11.5 Å². The average molecular weight is 459 g/mol. The second kappa shape index (κ2) is 9.74. The number of carboxylic acid groups (broad SMARTS) is 1. The molecule has 0 saturated carbocycles. The summed E-state index contributed by atoms with van der Waals surface area (Å²) < 4.78 is 37.5. The van der Waals surface area contributed by atoms with Gasteiger partial charge >= 0.3 is 12.6 Å². The molecule has 1 saturated heterocycles. The molecule has 1 fully saturated rings. The zero-order valence-corrected chi connectivity index (χ0v) is 18.6. The molecule has 9 heteroatoms. The van der Waals surface area contributed by atoms with Crippen LogP contribution in [0.1, 0.15) is 47.6 Å². The third-order valence-corrected chi connectivity index (χ3v) is 5.97. The number of hydrogen-bond donors (Lipinski definition) is 1. The topological polar surface area (TPSA) is 76.8 Å². The highest BCUT2D eigenvalue weighted by Gasteiger charge is 2.24. The quantitative estimate of drug-likeness (QED) is 0.517. The number of likely N-dealkylation sites (tertiary alicyclic amines) is 1. The summed E-state index contributed by atoms with van der Waals surface area (Å²) in [7, 11) is 0. The van der Waals surface area contributed by atoms with E-state index in [0.717, 1.165) is 42.8 Å². The predicted molar refractivity (Wildman–Crippen MR) is 119 cm³/mol. The summed E-state index contributed by atoms with van der Waals surface area (Å²) in [6.45, 7) is 3.65. The second-order valence-electron chi connectivity index (χ2n) is 8.14. The van der Waals surface area contributed by atoms with Crippen LogP contribution in [0.4, 0.5) is 8.78 Å². The number of nitrogens with zero attached hydrogens (tertiary/aromatic N) is 3. The van der Waals surface area contributed by atoms with Crippen molar-refractivity contribution < 1.29 is 28.2 Å². The van der Waals surface area contributed by atoms with Gasteiger partial charge in [-0.3, -0.25) is 4.90 Å². The van der Waals surface area contributed by atoms with Crippen molar-refractivity contribution >= 4 is 17.0 Å². The maximum absolute atomic E-state index is 12.6. The number of piperidine rings is 1. The van der Waals surface area contributed by atoms with Crippen molar-refractivity contribution in [2.24, 2.45) is 0 Å². The third kappa shape index (κ3) is 5.08. The summed E-state index contributed by atoms with van der Waals surface area (Å²) in [5.41, 5.74) is 2.86. The van der Waals surface area contributed by atoms with Crippen molar-refractivity contribution in [3.05, 3.63) is 53.3 Å². The number of ether oxygens (including phenoxy) is 2. The Morgan fingerprint density at radius 3 is 2.61 bits per heavy atom. The summed E-state index contributed by atoms with van der Waals surface area (Å²) in [5, 5.41) is 9.23. The van der Waals surface area contributed by atoms with Crippen molar-refractivity contribution in [3.8, 4) is 11.5 Å². The molecule has 1 aliphatic rings. The van der Waals surface area contributed by atoms with Crippen LogP contribution in [0.3, 0.4) is 0 Å². The van der Waals surface area contributed by atoms with Gasteiger partial charge in [-0.05, 0) is 62.6 Å². The van der Waals surface area contributed by atoms with Crippen LogP contribution in [-0.2, 0) is 6.54 Å². The number of fused-ring (bicyclic) bond motifs is 1. The molecule has 176 valence electrons. The van der Waals surface area contributed by atoms with Gasteiger partial charge in [0, 0.05) is 25.7 Å². The zero-order valence-electron chi connectivity index (χ0n) is 18.6. The Hall–Kier alpha value is -3.20. The molecule has 3 aromatic rings. The van der Waals surface area contributed by atoms with Gasteiger partial charge in [0.1, 0.15) is 5.82 Å². The molecule has 0 bridgehead atoms. The first-order chi connectivity index (χ1) is 15.9. The first-order valence-corrected chi connectivity index (χ1v) is 11.0. The Bertz CT molecular complexity index is 1140. The molecule has 7 nitrogen and oxygen atoms in total. The molecule has 0 atom stereocenters. The third-order valence-electron chi connectivity index (χ3n) is 5.97. The molecule has 0 aliphatic carbocycles. The Labute approximate surface area is 190 Å². The van der Waals surface area contributed by atoms with Gasteiger partial charge in [0.2, 0.25) is 0 Å². The molecule has 2 heterocycles. The van der Waals surface area contributed by atoms with E-state index in [1.807, 2.05) is 13.0 Å². The molecule has 0 spiro atoms. The van der Waals surface area contributed by atoms with E-state index in [-0.39, 0.29) is 17.4 Å². The van der Waals surface area contributed by atoms with Gasteiger partial charge in [-0.15, -0.1) is 0 Å². The number of aromatic carboxylic acids is 1. The normalized spacial score (nSPS) is 15.3. The van der Waals surface area contributed by atoms with Crippen molar-refractivity contribution in [2.75, 3.05) is 19.7 Å². The lowest BCUT2D eigenvalue weighted by Crippen LogP contribution is -2.34. The van der Waals surface area contributed by atoms with Crippen molar-refractivity contribution in [2.45, 2.75) is 45.9 Å². The number of imidazole rings is 1. The number of rotatable bonds is 8. The van der Waals surface area contributed by atoms with Gasteiger partial charge in [0.25, 0.3) is 0 Å². The summed E-state index contributed by atoms with van der Waals surface area (Å²) in [6, 6.07) is 10.4.